The molecule has 1 atom stereocenters. The zero-order valence-electron chi connectivity index (χ0n) is 15.6. The summed E-state index contributed by atoms with van der Waals surface area (Å²) < 4.78 is 18.9. The SMILES string of the molecule is CCC(Oc1ccc(F)cc1)C(=O)N1CCC(c2[nH]nc3nccnc23)CC1. The number of nitrogens with zero attached hydrogens (tertiary/aromatic N) is 4. The van der Waals surface area contributed by atoms with Crippen molar-refractivity contribution < 1.29 is 13.9 Å². The zero-order valence-corrected chi connectivity index (χ0v) is 15.6. The average molecular weight is 383 g/mol. The Kier molecular flexibility index (Phi) is 5.18. The number of benzene rings is 1. The second-order valence-electron chi connectivity index (χ2n) is 6.93. The van der Waals surface area contributed by atoms with Crippen LogP contribution in [-0.4, -0.2) is 50.2 Å². The van der Waals surface area contributed by atoms with E-state index in [4.69, 9.17) is 4.74 Å². The zero-order chi connectivity index (χ0) is 19.5. The van der Waals surface area contributed by atoms with Crippen LogP contribution < -0.4 is 4.74 Å². The third kappa shape index (κ3) is 3.67. The summed E-state index contributed by atoms with van der Waals surface area (Å²) >= 11 is 0. The highest BCUT2D eigenvalue weighted by molar-refractivity contribution is 5.81. The maximum atomic E-state index is 13.1. The van der Waals surface area contributed by atoms with Gasteiger partial charge in [-0.1, -0.05) is 6.92 Å². The van der Waals surface area contributed by atoms with Gasteiger partial charge in [0.15, 0.2) is 11.8 Å². The lowest BCUT2D eigenvalue weighted by atomic mass is 9.92. The van der Waals surface area contributed by atoms with Crippen molar-refractivity contribution in [1.29, 1.82) is 0 Å². The summed E-state index contributed by atoms with van der Waals surface area (Å²) in [6.45, 7) is 3.20. The van der Waals surface area contributed by atoms with Gasteiger partial charge in [-0.15, -0.1) is 0 Å². The molecule has 146 valence electrons. The number of fused-ring (bicyclic) bond motifs is 1. The molecule has 1 fully saturated rings. The molecule has 0 saturated carbocycles. The number of aromatic amines is 1. The van der Waals surface area contributed by atoms with E-state index in [1.165, 1.54) is 12.1 Å². The van der Waals surface area contributed by atoms with E-state index in [0.29, 0.717) is 30.9 Å². The lowest BCUT2D eigenvalue weighted by Crippen LogP contribution is -2.45. The van der Waals surface area contributed by atoms with Crippen LogP contribution >= 0.6 is 0 Å². The first-order valence-electron chi connectivity index (χ1n) is 9.51. The molecule has 0 radical (unpaired) electrons. The fraction of sp³-hybridized carbons (Fsp3) is 0.400. The Balaban J connectivity index is 1.39. The van der Waals surface area contributed by atoms with E-state index in [1.807, 2.05) is 11.8 Å². The number of rotatable bonds is 5. The van der Waals surface area contributed by atoms with Gasteiger partial charge in [-0.25, -0.2) is 14.4 Å². The van der Waals surface area contributed by atoms with Crippen molar-refractivity contribution in [3.63, 3.8) is 0 Å². The monoisotopic (exact) mass is 383 g/mol. The summed E-state index contributed by atoms with van der Waals surface area (Å²) in [7, 11) is 0. The molecule has 1 aliphatic rings. The normalized spacial score (nSPS) is 16.3. The number of hydrogen-bond donors (Lipinski definition) is 1. The smallest absolute Gasteiger partial charge is 0.263 e. The minimum absolute atomic E-state index is 0.0282. The molecule has 7 nitrogen and oxygen atoms in total. The van der Waals surface area contributed by atoms with E-state index in [9.17, 15) is 9.18 Å². The van der Waals surface area contributed by atoms with Crippen LogP contribution in [0.5, 0.6) is 5.75 Å². The highest BCUT2D eigenvalue weighted by atomic mass is 19.1. The Bertz CT molecular complexity index is 951. The molecule has 8 heteroatoms. The topological polar surface area (TPSA) is 84.0 Å². The van der Waals surface area contributed by atoms with Crippen molar-refractivity contribution >= 4 is 17.1 Å². The third-order valence-electron chi connectivity index (χ3n) is 5.17. The maximum absolute atomic E-state index is 13.1. The van der Waals surface area contributed by atoms with Crippen molar-refractivity contribution in [3.05, 3.63) is 48.2 Å². The number of aromatic nitrogens is 4. The van der Waals surface area contributed by atoms with Crippen LogP contribution in [0, 0.1) is 5.82 Å². The number of carbonyl (C=O) groups is 1. The summed E-state index contributed by atoms with van der Waals surface area (Å²) in [5.74, 6) is 0.409. The number of carbonyl (C=O) groups excluding carboxylic acids is 1. The summed E-state index contributed by atoms with van der Waals surface area (Å²) in [6.07, 6.45) is 4.93. The quantitative estimate of drug-likeness (QED) is 0.732. The predicted molar refractivity (Wildman–Crippen MR) is 101 cm³/mol. The van der Waals surface area contributed by atoms with Crippen LogP contribution in [-0.2, 0) is 4.79 Å². The van der Waals surface area contributed by atoms with Gasteiger partial charge >= 0.3 is 0 Å². The third-order valence-corrected chi connectivity index (χ3v) is 5.17. The van der Waals surface area contributed by atoms with Gasteiger partial charge in [0.05, 0.1) is 5.69 Å². The van der Waals surface area contributed by atoms with Crippen molar-refractivity contribution in [1.82, 2.24) is 25.1 Å². The number of amides is 1. The summed E-state index contributed by atoms with van der Waals surface area (Å²) in [4.78, 5) is 23.3. The Morgan fingerprint density at radius 1 is 1.25 bits per heavy atom. The van der Waals surface area contributed by atoms with Crippen LogP contribution in [0.25, 0.3) is 11.2 Å². The van der Waals surface area contributed by atoms with Gasteiger partial charge in [-0.3, -0.25) is 9.89 Å². The van der Waals surface area contributed by atoms with Crippen LogP contribution in [0.4, 0.5) is 4.39 Å². The minimum atomic E-state index is -0.569. The standard InChI is InChI=1S/C20H22FN5O2/c1-2-16(28-15-5-3-14(21)4-6-15)20(27)26-11-7-13(8-12-26)17-18-19(25-24-17)23-10-9-22-18/h3-6,9-10,13,16H,2,7-8,11-12H2,1H3,(H,23,24,25). The van der Waals surface area contributed by atoms with E-state index in [-0.39, 0.29) is 17.6 Å². The number of halogens is 1. The van der Waals surface area contributed by atoms with Gasteiger partial charge in [0.2, 0.25) is 0 Å². The highest BCUT2D eigenvalue weighted by Gasteiger charge is 2.30. The summed E-state index contributed by atoms with van der Waals surface area (Å²) in [6, 6.07) is 5.75. The molecule has 3 aromatic rings. The average Bonchev–Trinajstić information content (AvgIpc) is 3.17. The number of H-pyrrole nitrogens is 1. The first-order chi connectivity index (χ1) is 13.7. The Morgan fingerprint density at radius 2 is 1.96 bits per heavy atom. The fourth-order valence-electron chi connectivity index (χ4n) is 3.63. The maximum Gasteiger partial charge on any atom is 0.263 e. The lowest BCUT2D eigenvalue weighted by molar-refractivity contribution is -0.140. The second kappa shape index (κ2) is 7.92. The second-order valence-corrected chi connectivity index (χ2v) is 6.93. The van der Waals surface area contributed by atoms with Gasteiger partial charge < -0.3 is 9.64 Å². The largest absolute Gasteiger partial charge is 0.481 e. The molecule has 4 rings (SSSR count). The van der Waals surface area contributed by atoms with Crippen LogP contribution in [0.1, 0.15) is 37.8 Å². The van der Waals surface area contributed by atoms with E-state index in [1.54, 1.807) is 24.5 Å². The van der Waals surface area contributed by atoms with Crippen LogP contribution in [0.2, 0.25) is 0 Å². The minimum Gasteiger partial charge on any atom is -0.481 e. The summed E-state index contributed by atoms with van der Waals surface area (Å²) in [5, 5.41) is 7.28. The molecular weight excluding hydrogens is 361 g/mol. The molecule has 2 aromatic heterocycles. The first kappa shape index (κ1) is 18.3. The van der Waals surface area contributed by atoms with Crippen molar-refractivity contribution in [2.75, 3.05) is 13.1 Å². The van der Waals surface area contributed by atoms with Crippen molar-refractivity contribution in [2.24, 2.45) is 0 Å². The molecule has 0 bridgehead atoms. The molecule has 1 aromatic carbocycles. The molecule has 1 saturated heterocycles. The van der Waals surface area contributed by atoms with Gasteiger partial charge in [-0.2, -0.15) is 5.10 Å². The van der Waals surface area contributed by atoms with Crippen molar-refractivity contribution in [2.45, 2.75) is 38.2 Å². The number of piperidine rings is 1. The van der Waals surface area contributed by atoms with Gasteiger partial charge in [0, 0.05) is 31.4 Å². The molecule has 3 heterocycles. The molecule has 1 amide bonds. The molecule has 1 N–H and O–H groups in total. The van der Waals surface area contributed by atoms with Gasteiger partial charge in [0.1, 0.15) is 17.1 Å². The fourth-order valence-corrected chi connectivity index (χ4v) is 3.63. The molecule has 0 aliphatic carbocycles. The van der Waals surface area contributed by atoms with Crippen LogP contribution in [0.15, 0.2) is 36.7 Å². The van der Waals surface area contributed by atoms with Crippen LogP contribution in [0.3, 0.4) is 0 Å². The highest BCUT2D eigenvalue weighted by Crippen LogP contribution is 2.30. The van der Waals surface area contributed by atoms with Gasteiger partial charge in [0.25, 0.3) is 5.91 Å². The molecular formula is C20H22FN5O2. The van der Waals surface area contributed by atoms with Crippen molar-refractivity contribution in [3.8, 4) is 5.75 Å². The number of ether oxygens (including phenoxy) is 1. The lowest BCUT2D eigenvalue weighted by Gasteiger charge is -2.33. The first-order valence-corrected chi connectivity index (χ1v) is 9.51. The molecule has 28 heavy (non-hydrogen) atoms. The molecule has 1 unspecified atom stereocenters. The predicted octanol–water partition coefficient (Wildman–Crippen LogP) is 3.06. The molecule has 1 aliphatic heterocycles. The number of likely N-dealkylation sites (tertiary alicyclic amines) is 1. The Morgan fingerprint density at radius 3 is 2.68 bits per heavy atom. The van der Waals surface area contributed by atoms with E-state index < -0.39 is 6.10 Å². The van der Waals surface area contributed by atoms with E-state index >= 15 is 0 Å². The number of nitrogens with one attached hydrogen (secondary N) is 1. The Labute approximate surface area is 161 Å². The van der Waals surface area contributed by atoms with E-state index in [0.717, 1.165) is 24.1 Å². The number of hydrogen-bond acceptors (Lipinski definition) is 5. The molecule has 0 spiro atoms. The Hall–Kier alpha value is -3.03. The van der Waals surface area contributed by atoms with E-state index in [2.05, 4.69) is 20.2 Å². The summed E-state index contributed by atoms with van der Waals surface area (Å²) in [5.41, 5.74) is 2.41. The van der Waals surface area contributed by atoms with Gasteiger partial charge in [-0.05, 0) is 43.5 Å².